The monoisotopic (exact) mass is 425 g/mol. The molecule has 3 aromatic rings. The second-order valence-corrected chi connectivity index (χ2v) is 7.37. The van der Waals surface area contributed by atoms with Crippen molar-refractivity contribution in [2.24, 2.45) is 0 Å². The summed E-state index contributed by atoms with van der Waals surface area (Å²) in [5, 5.41) is 7.58. The highest BCUT2D eigenvalue weighted by atomic mass is 35.5. The molecule has 4 rings (SSSR count). The highest BCUT2D eigenvalue weighted by Crippen LogP contribution is 2.32. The largest absolute Gasteiger partial charge is 0.486 e. The van der Waals surface area contributed by atoms with E-state index in [0.29, 0.717) is 41.1 Å². The first kappa shape index (κ1) is 20.0. The van der Waals surface area contributed by atoms with E-state index >= 15 is 0 Å². The number of hydrogen-bond acceptors (Lipinski definition) is 5. The molecule has 1 aromatic heterocycles. The molecule has 0 saturated carbocycles. The van der Waals surface area contributed by atoms with Crippen molar-refractivity contribution < 1.29 is 14.3 Å². The molecule has 2 heterocycles. The fourth-order valence-electron chi connectivity index (χ4n) is 3.25. The average Bonchev–Trinajstić information content (AvgIpc) is 2.74. The van der Waals surface area contributed by atoms with E-state index < -0.39 is 11.3 Å². The minimum atomic E-state index is -0.566. The van der Waals surface area contributed by atoms with Gasteiger partial charge in [0.1, 0.15) is 13.2 Å². The number of carbonyl (C=O) groups is 1. The van der Waals surface area contributed by atoms with E-state index in [1.165, 1.54) is 10.7 Å². The number of rotatable bonds is 4. The molecule has 8 heteroatoms. The Morgan fingerprint density at radius 1 is 1.13 bits per heavy atom. The van der Waals surface area contributed by atoms with Crippen LogP contribution in [0.2, 0.25) is 5.02 Å². The van der Waals surface area contributed by atoms with Crippen molar-refractivity contribution in [3.05, 3.63) is 80.7 Å². The zero-order valence-electron chi connectivity index (χ0n) is 16.5. The van der Waals surface area contributed by atoms with Crippen LogP contribution in [0.3, 0.4) is 0 Å². The minimum Gasteiger partial charge on any atom is -0.486 e. The van der Waals surface area contributed by atoms with Gasteiger partial charge < -0.3 is 14.8 Å². The summed E-state index contributed by atoms with van der Waals surface area (Å²) in [5.41, 5.74) is 1.33. The number of amides is 1. The van der Waals surface area contributed by atoms with Crippen LogP contribution in [0.25, 0.3) is 5.69 Å². The number of ether oxygens (including phenoxy) is 2. The number of aryl methyl sites for hydroxylation is 1. The number of carbonyl (C=O) groups excluding carboxylic acids is 1. The lowest BCUT2D eigenvalue weighted by atomic mass is 10.1. The fraction of sp³-hybridized carbons (Fsp3) is 0.227. The van der Waals surface area contributed by atoms with Crippen molar-refractivity contribution in [1.29, 1.82) is 0 Å². The van der Waals surface area contributed by atoms with E-state index in [2.05, 4.69) is 10.4 Å². The van der Waals surface area contributed by atoms with E-state index in [1.807, 2.05) is 25.1 Å². The number of aromatic nitrogens is 2. The summed E-state index contributed by atoms with van der Waals surface area (Å²) in [6.07, 6.45) is 0. The Balaban J connectivity index is 1.61. The van der Waals surface area contributed by atoms with Crippen molar-refractivity contribution >= 4 is 17.5 Å². The summed E-state index contributed by atoms with van der Waals surface area (Å²) < 4.78 is 12.6. The molecule has 0 bridgehead atoms. The van der Waals surface area contributed by atoms with Crippen molar-refractivity contribution in [3.63, 3.8) is 0 Å². The van der Waals surface area contributed by atoms with Gasteiger partial charge >= 0.3 is 0 Å². The van der Waals surface area contributed by atoms with Crippen molar-refractivity contribution in [3.8, 4) is 17.2 Å². The van der Waals surface area contributed by atoms with Gasteiger partial charge in [0.05, 0.1) is 16.8 Å². The molecule has 154 valence electrons. The smallest absolute Gasteiger partial charge is 0.276 e. The molecule has 0 radical (unpaired) electrons. The maximum atomic E-state index is 12.8. The first-order valence-corrected chi connectivity index (χ1v) is 9.88. The quantitative estimate of drug-likeness (QED) is 0.692. The van der Waals surface area contributed by atoms with E-state index in [4.69, 9.17) is 21.1 Å². The van der Waals surface area contributed by atoms with Crippen LogP contribution in [0.5, 0.6) is 11.5 Å². The summed E-state index contributed by atoms with van der Waals surface area (Å²) in [6, 6.07) is 13.6. The maximum Gasteiger partial charge on any atom is 0.276 e. The molecule has 0 unspecified atom stereocenters. The summed E-state index contributed by atoms with van der Waals surface area (Å²) in [4.78, 5) is 25.3. The van der Waals surface area contributed by atoms with Gasteiger partial charge in [0.15, 0.2) is 17.2 Å². The molecule has 0 spiro atoms. The molecular formula is C22H20ClN3O4. The lowest BCUT2D eigenvalue weighted by Gasteiger charge is -2.21. The molecule has 1 atom stereocenters. The van der Waals surface area contributed by atoms with Gasteiger partial charge in [-0.05, 0) is 43.7 Å². The maximum absolute atomic E-state index is 12.8. The predicted molar refractivity (Wildman–Crippen MR) is 113 cm³/mol. The number of nitrogens with one attached hydrogen (secondary N) is 1. The average molecular weight is 426 g/mol. The zero-order chi connectivity index (χ0) is 21.3. The van der Waals surface area contributed by atoms with Gasteiger partial charge in [0.25, 0.3) is 5.91 Å². The summed E-state index contributed by atoms with van der Waals surface area (Å²) in [7, 11) is 0. The standard InChI is InChI=1S/C22H20ClN3O4/c1-13-11-18(27)21(25-26(13)17-6-4-3-5-16(17)23)22(28)24-14(2)15-7-8-19-20(12-15)30-10-9-29-19/h3-8,11-12,14H,9-10H2,1-2H3,(H,24,28)/t14-/m1/s1. The summed E-state index contributed by atoms with van der Waals surface area (Å²) in [6.45, 7) is 4.54. The molecule has 2 aromatic carbocycles. The summed E-state index contributed by atoms with van der Waals surface area (Å²) >= 11 is 6.26. The first-order valence-electron chi connectivity index (χ1n) is 9.50. The molecule has 30 heavy (non-hydrogen) atoms. The highest BCUT2D eigenvalue weighted by molar-refractivity contribution is 6.32. The van der Waals surface area contributed by atoms with Crippen molar-refractivity contribution in [1.82, 2.24) is 15.1 Å². The van der Waals surface area contributed by atoms with Gasteiger partial charge in [-0.2, -0.15) is 5.10 Å². The Morgan fingerprint density at radius 3 is 2.63 bits per heavy atom. The second kappa shape index (κ2) is 8.20. The van der Waals surface area contributed by atoms with Crippen LogP contribution in [0, 0.1) is 6.92 Å². The van der Waals surface area contributed by atoms with E-state index in [1.54, 1.807) is 31.2 Å². The molecule has 1 N–H and O–H groups in total. The fourth-order valence-corrected chi connectivity index (χ4v) is 3.47. The first-order chi connectivity index (χ1) is 14.4. The third-order valence-electron chi connectivity index (χ3n) is 4.82. The van der Waals surface area contributed by atoms with Gasteiger partial charge in [-0.1, -0.05) is 29.8 Å². The van der Waals surface area contributed by atoms with E-state index in [9.17, 15) is 9.59 Å². The van der Waals surface area contributed by atoms with Crippen molar-refractivity contribution in [2.45, 2.75) is 19.9 Å². The van der Waals surface area contributed by atoms with Gasteiger partial charge in [0, 0.05) is 11.8 Å². The lowest BCUT2D eigenvalue weighted by molar-refractivity contribution is 0.0931. The number of fused-ring (bicyclic) bond motifs is 1. The summed E-state index contributed by atoms with van der Waals surface area (Å²) in [5.74, 6) is 0.740. The Bertz CT molecular complexity index is 1180. The molecule has 7 nitrogen and oxygen atoms in total. The van der Waals surface area contributed by atoms with E-state index in [-0.39, 0.29) is 11.7 Å². The number of nitrogens with zero attached hydrogens (tertiary/aromatic N) is 2. The van der Waals surface area contributed by atoms with Gasteiger partial charge in [0.2, 0.25) is 5.43 Å². The molecule has 0 aliphatic carbocycles. The third kappa shape index (κ3) is 3.89. The SMILES string of the molecule is Cc1cc(=O)c(C(=O)N[C@H](C)c2ccc3c(c2)OCCO3)nn1-c1ccccc1Cl. The topological polar surface area (TPSA) is 82.5 Å². The second-order valence-electron chi connectivity index (χ2n) is 6.96. The molecule has 1 amide bonds. The Hall–Kier alpha value is -3.32. The number of benzene rings is 2. The predicted octanol–water partition coefficient (Wildman–Crippen LogP) is 3.46. The highest BCUT2D eigenvalue weighted by Gasteiger charge is 2.20. The normalized spacial score (nSPS) is 13.6. The number of para-hydroxylation sites is 1. The minimum absolute atomic E-state index is 0.204. The number of hydrogen-bond donors (Lipinski definition) is 1. The Labute approximate surface area is 178 Å². The molecule has 0 saturated heterocycles. The number of halogens is 1. The van der Waals surface area contributed by atoms with Crippen LogP contribution in [-0.4, -0.2) is 28.9 Å². The van der Waals surface area contributed by atoms with Crippen LogP contribution < -0.4 is 20.2 Å². The van der Waals surface area contributed by atoms with Crippen LogP contribution in [0.4, 0.5) is 0 Å². The van der Waals surface area contributed by atoms with Crippen LogP contribution in [0.1, 0.15) is 34.7 Å². The molecule has 1 aliphatic heterocycles. The van der Waals surface area contributed by atoms with Gasteiger partial charge in [-0.3, -0.25) is 9.59 Å². The molecule has 0 fully saturated rings. The Kier molecular flexibility index (Phi) is 5.46. The van der Waals surface area contributed by atoms with Crippen LogP contribution in [0.15, 0.2) is 53.3 Å². The molecule has 1 aliphatic rings. The lowest BCUT2D eigenvalue weighted by Crippen LogP contribution is -2.33. The molecular weight excluding hydrogens is 406 g/mol. The van der Waals surface area contributed by atoms with Gasteiger partial charge in [-0.25, -0.2) is 4.68 Å². The third-order valence-corrected chi connectivity index (χ3v) is 5.14. The van der Waals surface area contributed by atoms with E-state index in [0.717, 1.165) is 5.56 Å². The Morgan fingerprint density at radius 2 is 1.87 bits per heavy atom. The zero-order valence-corrected chi connectivity index (χ0v) is 17.3. The van der Waals surface area contributed by atoms with Gasteiger partial charge in [-0.15, -0.1) is 0 Å². The van der Waals surface area contributed by atoms with Crippen molar-refractivity contribution in [2.75, 3.05) is 13.2 Å². The van der Waals surface area contributed by atoms with Crippen LogP contribution in [-0.2, 0) is 0 Å². The van der Waals surface area contributed by atoms with Crippen LogP contribution >= 0.6 is 11.6 Å².